The van der Waals surface area contributed by atoms with Crippen molar-refractivity contribution >= 4 is 10.8 Å². The molecule has 2 atom stereocenters. The van der Waals surface area contributed by atoms with Crippen LogP contribution in [0.25, 0.3) is 21.9 Å². The maximum atomic E-state index is 6.55. The minimum atomic E-state index is 0.116. The van der Waals surface area contributed by atoms with Crippen LogP contribution >= 0.6 is 0 Å². The average molecular weight is 484 g/mol. The fourth-order valence-corrected chi connectivity index (χ4v) is 4.81. The maximum absolute atomic E-state index is 6.55. The molecular weight excluding hydrogens is 450 g/mol. The number of methoxy groups -OCH3 is 2. The van der Waals surface area contributed by atoms with Crippen molar-refractivity contribution in [3.63, 3.8) is 0 Å². The van der Waals surface area contributed by atoms with Crippen molar-refractivity contribution in [1.29, 1.82) is 0 Å². The number of piperidine rings is 1. The van der Waals surface area contributed by atoms with Crippen LogP contribution in [-0.4, -0.2) is 32.9 Å². The zero-order valence-electron chi connectivity index (χ0n) is 21.1. The summed E-state index contributed by atoms with van der Waals surface area (Å²) in [6.07, 6.45) is 3.77. The first-order chi connectivity index (χ1) is 17.6. The van der Waals surface area contributed by atoms with Crippen molar-refractivity contribution in [2.24, 2.45) is 0 Å². The number of benzene rings is 4. The Kier molecular flexibility index (Phi) is 7.28. The highest BCUT2D eigenvalue weighted by Crippen LogP contribution is 2.41. The fraction of sp³-hybridized carbons (Fsp3) is 0.290. The third-order valence-corrected chi connectivity index (χ3v) is 6.84. The molecule has 5 heteroatoms. The number of fused-ring (bicyclic) bond motifs is 1. The summed E-state index contributed by atoms with van der Waals surface area (Å²) in [5, 5.41) is 5.62. The smallest absolute Gasteiger partial charge is 0.143 e. The Bertz CT molecular complexity index is 1310. The van der Waals surface area contributed by atoms with Crippen LogP contribution in [0, 0.1) is 0 Å². The standard InChI is InChI=1S/C31H33NO4/c1-21(30-9-4-5-18-32-30)35-24-11-13-25(14-12-24)36-31-28(22-7-6-8-26(19-22)33-2)16-10-23-20-27(34-3)15-17-29(23)31/h6-8,10-17,19-21,30,32H,4-5,9,18H2,1-3H3. The van der Waals surface area contributed by atoms with Crippen molar-refractivity contribution in [3.8, 4) is 39.9 Å². The second-order valence-corrected chi connectivity index (χ2v) is 9.21. The summed E-state index contributed by atoms with van der Waals surface area (Å²) in [6, 6.07) is 26.5. The summed E-state index contributed by atoms with van der Waals surface area (Å²) in [5.74, 6) is 4.00. The van der Waals surface area contributed by atoms with Crippen molar-refractivity contribution in [2.45, 2.75) is 38.3 Å². The Hall–Kier alpha value is -3.70. The van der Waals surface area contributed by atoms with Crippen molar-refractivity contribution in [2.75, 3.05) is 20.8 Å². The molecule has 2 unspecified atom stereocenters. The van der Waals surface area contributed by atoms with E-state index in [0.717, 1.165) is 63.6 Å². The van der Waals surface area contributed by atoms with Crippen LogP contribution in [0.15, 0.2) is 78.9 Å². The molecule has 4 aromatic rings. The summed E-state index contributed by atoms with van der Waals surface area (Å²) in [6.45, 7) is 3.20. The molecule has 0 saturated carbocycles. The molecule has 1 aliphatic heterocycles. The molecule has 1 fully saturated rings. The van der Waals surface area contributed by atoms with Gasteiger partial charge in [-0.1, -0.05) is 24.6 Å². The van der Waals surface area contributed by atoms with E-state index in [4.69, 9.17) is 18.9 Å². The van der Waals surface area contributed by atoms with Crippen LogP contribution in [0.4, 0.5) is 0 Å². The zero-order valence-corrected chi connectivity index (χ0v) is 21.1. The van der Waals surface area contributed by atoms with E-state index in [0.29, 0.717) is 6.04 Å². The Morgan fingerprint density at radius 1 is 0.778 bits per heavy atom. The molecule has 1 N–H and O–H groups in total. The van der Waals surface area contributed by atoms with Gasteiger partial charge in [0, 0.05) is 17.0 Å². The molecule has 0 radical (unpaired) electrons. The van der Waals surface area contributed by atoms with Crippen LogP contribution < -0.4 is 24.3 Å². The lowest BCUT2D eigenvalue weighted by molar-refractivity contribution is 0.152. The van der Waals surface area contributed by atoms with Crippen LogP contribution in [0.3, 0.4) is 0 Å². The highest BCUT2D eigenvalue weighted by Gasteiger charge is 2.21. The summed E-state index contributed by atoms with van der Waals surface area (Å²) < 4.78 is 23.7. The van der Waals surface area contributed by atoms with E-state index in [-0.39, 0.29) is 6.10 Å². The molecule has 5 rings (SSSR count). The number of nitrogens with one attached hydrogen (secondary N) is 1. The number of hydrogen-bond donors (Lipinski definition) is 1. The van der Waals surface area contributed by atoms with Gasteiger partial charge in [-0.25, -0.2) is 0 Å². The van der Waals surface area contributed by atoms with E-state index in [2.05, 4.69) is 30.4 Å². The van der Waals surface area contributed by atoms with Gasteiger partial charge in [0.25, 0.3) is 0 Å². The van der Waals surface area contributed by atoms with Crippen LogP contribution in [-0.2, 0) is 0 Å². The van der Waals surface area contributed by atoms with Gasteiger partial charge in [0.1, 0.15) is 34.9 Å². The topological polar surface area (TPSA) is 49.0 Å². The lowest BCUT2D eigenvalue weighted by Crippen LogP contribution is -2.44. The molecular formula is C31H33NO4. The van der Waals surface area contributed by atoms with Gasteiger partial charge in [0.15, 0.2) is 0 Å². The Labute approximate surface area is 213 Å². The number of hydrogen-bond acceptors (Lipinski definition) is 5. The Morgan fingerprint density at radius 2 is 1.53 bits per heavy atom. The normalized spacial score (nSPS) is 16.4. The first kappa shape index (κ1) is 24.0. The summed E-state index contributed by atoms with van der Waals surface area (Å²) in [7, 11) is 3.36. The van der Waals surface area contributed by atoms with Crippen molar-refractivity contribution < 1.29 is 18.9 Å². The van der Waals surface area contributed by atoms with Crippen molar-refractivity contribution in [1.82, 2.24) is 5.32 Å². The predicted molar refractivity (Wildman–Crippen MR) is 145 cm³/mol. The lowest BCUT2D eigenvalue weighted by atomic mass is 9.99. The highest BCUT2D eigenvalue weighted by atomic mass is 16.5. The quantitative estimate of drug-likeness (QED) is 0.287. The molecule has 0 aromatic heterocycles. The minimum absolute atomic E-state index is 0.116. The third kappa shape index (κ3) is 5.26. The monoisotopic (exact) mass is 483 g/mol. The first-order valence-electron chi connectivity index (χ1n) is 12.6. The lowest BCUT2D eigenvalue weighted by Gasteiger charge is -2.29. The largest absolute Gasteiger partial charge is 0.497 e. The first-order valence-corrected chi connectivity index (χ1v) is 12.6. The molecule has 4 aromatic carbocycles. The van der Waals surface area contributed by atoms with Crippen LogP contribution in [0.5, 0.6) is 28.7 Å². The van der Waals surface area contributed by atoms with Gasteiger partial charge in [-0.05, 0) is 97.9 Å². The van der Waals surface area contributed by atoms with Gasteiger partial charge in [0.05, 0.1) is 14.2 Å². The third-order valence-electron chi connectivity index (χ3n) is 6.84. The van der Waals surface area contributed by atoms with Gasteiger partial charge < -0.3 is 24.3 Å². The summed E-state index contributed by atoms with van der Waals surface area (Å²) in [5.41, 5.74) is 2.01. The molecule has 186 valence electrons. The molecule has 1 saturated heterocycles. The molecule has 1 heterocycles. The number of rotatable bonds is 8. The zero-order chi connectivity index (χ0) is 24.9. The van der Waals surface area contributed by atoms with E-state index < -0.39 is 0 Å². The van der Waals surface area contributed by atoms with Gasteiger partial charge >= 0.3 is 0 Å². The molecule has 0 spiro atoms. The Morgan fingerprint density at radius 3 is 2.28 bits per heavy atom. The van der Waals surface area contributed by atoms with E-state index in [9.17, 15) is 0 Å². The second-order valence-electron chi connectivity index (χ2n) is 9.21. The minimum Gasteiger partial charge on any atom is -0.497 e. The predicted octanol–water partition coefficient (Wildman–Crippen LogP) is 7.23. The van der Waals surface area contributed by atoms with Gasteiger partial charge in [-0.15, -0.1) is 0 Å². The Balaban J connectivity index is 1.45. The maximum Gasteiger partial charge on any atom is 0.143 e. The fourth-order valence-electron chi connectivity index (χ4n) is 4.81. The van der Waals surface area contributed by atoms with Gasteiger partial charge in [0.2, 0.25) is 0 Å². The summed E-state index contributed by atoms with van der Waals surface area (Å²) >= 11 is 0. The van der Waals surface area contributed by atoms with E-state index in [1.54, 1.807) is 14.2 Å². The number of ether oxygens (including phenoxy) is 4. The molecule has 1 aliphatic rings. The van der Waals surface area contributed by atoms with Crippen molar-refractivity contribution in [3.05, 3.63) is 78.9 Å². The van der Waals surface area contributed by atoms with Gasteiger partial charge in [-0.3, -0.25) is 0 Å². The van der Waals surface area contributed by atoms with Gasteiger partial charge in [-0.2, -0.15) is 0 Å². The second kappa shape index (κ2) is 10.9. The molecule has 0 bridgehead atoms. The average Bonchev–Trinajstić information content (AvgIpc) is 2.94. The van der Waals surface area contributed by atoms with E-state index in [1.807, 2.05) is 60.7 Å². The molecule has 0 aliphatic carbocycles. The molecule has 36 heavy (non-hydrogen) atoms. The highest BCUT2D eigenvalue weighted by molar-refractivity contribution is 5.96. The molecule has 5 nitrogen and oxygen atoms in total. The van der Waals surface area contributed by atoms with Crippen LogP contribution in [0.2, 0.25) is 0 Å². The van der Waals surface area contributed by atoms with E-state index in [1.165, 1.54) is 12.8 Å². The summed E-state index contributed by atoms with van der Waals surface area (Å²) in [4.78, 5) is 0. The SMILES string of the molecule is COc1cccc(-c2ccc3cc(OC)ccc3c2Oc2ccc(OC(C)C3CCCCN3)cc2)c1. The molecule has 0 amide bonds. The van der Waals surface area contributed by atoms with E-state index >= 15 is 0 Å². The van der Waals surface area contributed by atoms with Crippen LogP contribution in [0.1, 0.15) is 26.2 Å².